The van der Waals surface area contributed by atoms with Gasteiger partial charge in [0.15, 0.2) is 0 Å². The van der Waals surface area contributed by atoms with Crippen LogP contribution in [-0.2, 0) is 14.6 Å². The number of unbranched alkanes of at least 4 members (excludes halogenated alkanes) is 27. The maximum absolute atomic E-state index is 11.0. The van der Waals surface area contributed by atoms with Gasteiger partial charge in [-0.25, -0.2) is 8.42 Å². The summed E-state index contributed by atoms with van der Waals surface area (Å²) >= 11 is 0. The Kier molecular flexibility index (Phi) is 37.9. The van der Waals surface area contributed by atoms with Crippen LogP contribution in [0.3, 0.4) is 0 Å². The van der Waals surface area contributed by atoms with Crippen molar-refractivity contribution >= 4 is 10.4 Å². The molecule has 41 heavy (non-hydrogen) atoms. The second kappa shape index (κ2) is 35.4. The quantitative estimate of drug-likeness (QED) is 0.0315. The van der Waals surface area contributed by atoms with E-state index < -0.39 is 10.4 Å². The first-order valence-corrected chi connectivity index (χ1v) is 19.4. The van der Waals surface area contributed by atoms with Gasteiger partial charge in [0, 0.05) is 0 Å². The van der Waals surface area contributed by atoms with Crippen LogP contribution in [0.2, 0.25) is 0 Å². The largest absolute Gasteiger partial charge is 1.00 e. The minimum absolute atomic E-state index is 0. The van der Waals surface area contributed by atoms with Crippen molar-refractivity contribution in [3.8, 4) is 0 Å². The first-order valence-electron chi connectivity index (χ1n) is 18.1. The van der Waals surface area contributed by atoms with E-state index >= 15 is 0 Å². The Hall–Kier alpha value is 0.870. The van der Waals surface area contributed by atoms with Crippen molar-refractivity contribution in [3.05, 3.63) is 0 Å². The molecular formula is C35H71NaO4S. The van der Waals surface area contributed by atoms with E-state index in [1.54, 1.807) is 0 Å². The van der Waals surface area contributed by atoms with Crippen molar-refractivity contribution in [1.82, 2.24) is 0 Å². The predicted molar refractivity (Wildman–Crippen MR) is 174 cm³/mol. The zero-order chi connectivity index (χ0) is 29.4. The van der Waals surface area contributed by atoms with Crippen LogP contribution in [-0.4, -0.2) is 19.6 Å². The second-order valence-corrected chi connectivity index (χ2v) is 13.7. The van der Waals surface area contributed by atoms with Crippen molar-refractivity contribution in [3.63, 3.8) is 0 Å². The van der Waals surface area contributed by atoms with E-state index in [4.69, 9.17) is 0 Å². The molecule has 0 bridgehead atoms. The van der Waals surface area contributed by atoms with Crippen LogP contribution in [0.4, 0.5) is 0 Å². The second-order valence-electron chi connectivity index (χ2n) is 12.7. The van der Waals surface area contributed by atoms with E-state index in [1.807, 2.05) is 0 Å². The molecule has 0 N–H and O–H groups in total. The van der Waals surface area contributed by atoms with Gasteiger partial charge in [-0.2, -0.15) is 0 Å². The molecule has 1 atom stereocenters. The zero-order valence-corrected chi connectivity index (χ0v) is 31.1. The molecule has 0 amide bonds. The predicted octanol–water partition coefficient (Wildman–Crippen LogP) is 9.22. The van der Waals surface area contributed by atoms with Crippen LogP contribution in [0.25, 0.3) is 0 Å². The molecule has 0 radical (unpaired) electrons. The molecule has 0 aliphatic heterocycles. The smallest absolute Gasteiger partial charge is 0.726 e. The van der Waals surface area contributed by atoms with Gasteiger partial charge in [0.25, 0.3) is 0 Å². The Morgan fingerprint density at radius 1 is 0.439 bits per heavy atom. The standard InChI is InChI=1S/C35H72O4S.Na/c1-3-5-7-9-11-13-15-17-18-19-20-21-23-25-27-29-31-33-35(34-39-40(36,37)38)32-30-28-26-24-22-16-14-12-10-8-6-4-2;/h35H,3-34H2,1-2H3,(H,36,37,38);/q;+1/p-1. The summed E-state index contributed by atoms with van der Waals surface area (Å²) in [7, 11) is -4.59. The molecule has 0 aromatic rings. The van der Waals surface area contributed by atoms with Gasteiger partial charge in [-0.05, 0) is 18.8 Å². The van der Waals surface area contributed by atoms with Crippen molar-refractivity contribution in [1.29, 1.82) is 0 Å². The summed E-state index contributed by atoms with van der Waals surface area (Å²) in [5, 5.41) is 0. The van der Waals surface area contributed by atoms with Gasteiger partial charge in [-0.1, -0.05) is 200 Å². The van der Waals surface area contributed by atoms with Crippen LogP contribution in [0.1, 0.15) is 213 Å². The molecular weight excluding hydrogens is 539 g/mol. The molecule has 0 rings (SSSR count). The fourth-order valence-corrected chi connectivity index (χ4v) is 6.28. The molecule has 4 nitrogen and oxygen atoms in total. The molecule has 0 heterocycles. The Bertz CT molecular complexity index is 585. The fraction of sp³-hybridized carbons (Fsp3) is 1.00. The van der Waals surface area contributed by atoms with Crippen molar-refractivity contribution in [2.45, 2.75) is 213 Å². The third kappa shape index (κ3) is 38.8. The third-order valence-corrected chi connectivity index (χ3v) is 9.05. The van der Waals surface area contributed by atoms with Crippen LogP contribution < -0.4 is 29.6 Å². The SMILES string of the molecule is CCCCCCCCCCCCCCCCCCCC(CCCCCCCCCCCCCC)COS(=O)(=O)[O-].[Na+]. The molecule has 0 aliphatic carbocycles. The maximum Gasteiger partial charge on any atom is 1.00 e. The number of hydrogen-bond donors (Lipinski definition) is 0. The third-order valence-electron chi connectivity index (χ3n) is 8.63. The molecule has 0 saturated heterocycles. The van der Waals surface area contributed by atoms with Crippen LogP contribution in [0, 0.1) is 5.92 Å². The Morgan fingerprint density at radius 3 is 0.878 bits per heavy atom. The van der Waals surface area contributed by atoms with Gasteiger partial charge in [0.05, 0.1) is 6.61 Å². The van der Waals surface area contributed by atoms with Crippen molar-refractivity contribution < 1.29 is 46.7 Å². The van der Waals surface area contributed by atoms with E-state index in [0.29, 0.717) is 0 Å². The van der Waals surface area contributed by atoms with Gasteiger partial charge in [0.2, 0.25) is 10.4 Å². The summed E-state index contributed by atoms with van der Waals surface area (Å²) in [4.78, 5) is 0. The average molecular weight is 611 g/mol. The Morgan fingerprint density at radius 2 is 0.659 bits per heavy atom. The normalized spacial score (nSPS) is 12.5. The number of rotatable bonds is 34. The van der Waals surface area contributed by atoms with Crippen LogP contribution in [0.15, 0.2) is 0 Å². The molecule has 0 aromatic heterocycles. The van der Waals surface area contributed by atoms with Crippen molar-refractivity contribution in [2.24, 2.45) is 5.92 Å². The summed E-state index contributed by atoms with van der Waals surface area (Å²) in [6.07, 6.45) is 41.0. The van der Waals surface area contributed by atoms with Gasteiger partial charge in [-0.3, -0.25) is 4.18 Å². The molecule has 0 aliphatic rings. The van der Waals surface area contributed by atoms with Crippen LogP contribution >= 0.6 is 0 Å². The monoisotopic (exact) mass is 610 g/mol. The van der Waals surface area contributed by atoms with Crippen molar-refractivity contribution in [2.75, 3.05) is 6.61 Å². The summed E-state index contributed by atoms with van der Waals surface area (Å²) in [6, 6.07) is 0. The summed E-state index contributed by atoms with van der Waals surface area (Å²) in [6.45, 7) is 4.62. The minimum Gasteiger partial charge on any atom is -0.726 e. The topological polar surface area (TPSA) is 66.4 Å². The first kappa shape index (κ1) is 44.0. The Balaban J connectivity index is 0. The number of hydrogen-bond acceptors (Lipinski definition) is 4. The van der Waals surface area contributed by atoms with E-state index in [1.165, 1.54) is 173 Å². The van der Waals surface area contributed by atoms with Gasteiger partial charge >= 0.3 is 29.6 Å². The molecule has 1 unspecified atom stereocenters. The average Bonchev–Trinajstić information content (AvgIpc) is 2.93. The molecule has 0 spiro atoms. The van der Waals surface area contributed by atoms with E-state index in [2.05, 4.69) is 18.0 Å². The van der Waals surface area contributed by atoms with Gasteiger partial charge < -0.3 is 4.55 Å². The first-order chi connectivity index (χ1) is 19.5. The molecule has 0 fully saturated rings. The minimum atomic E-state index is -4.59. The fourth-order valence-electron chi connectivity index (χ4n) is 5.92. The zero-order valence-electron chi connectivity index (χ0n) is 28.2. The molecule has 242 valence electrons. The maximum atomic E-state index is 11.0. The van der Waals surface area contributed by atoms with E-state index in [-0.39, 0.29) is 42.1 Å². The van der Waals surface area contributed by atoms with E-state index in [0.717, 1.165) is 25.7 Å². The van der Waals surface area contributed by atoms with Gasteiger partial charge in [-0.15, -0.1) is 0 Å². The summed E-state index contributed by atoms with van der Waals surface area (Å²) in [5.41, 5.74) is 0. The molecule has 6 heteroatoms. The molecule has 0 saturated carbocycles. The Labute approximate surface area is 281 Å². The molecule has 0 aromatic carbocycles. The summed E-state index contributed by atoms with van der Waals surface area (Å²) < 4.78 is 37.5. The van der Waals surface area contributed by atoms with Crippen LogP contribution in [0.5, 0.6) is 0 Å². The van der Waals surface area contributed by atoms with Gasteiger partial charge in [0.1, 0.15) is 0 Å². The summed E-state index contributed by atoms with van der Waals surface area (Å²) in [5.74, 6) is 0.197. The van der Waals surface area contributed by atoms with E-state index in [9.17, 15) is 13.0 Å².